The molecular weight excluding hydrogens is 196 g/mol. The monoisotopic (exact) mass is 228 g/mol. The normalized spacial score (nSPS) is 16.1. The van der Waals surface area contributed by atoms with Gasteiger partial charge in [0.05, 0.1) is 0 Å². The quantitative estimate of drug-likeness (QED) is 0.563. The molecule has 0 aromatic carbocycles. The highest BCUT2D eigenvalue weighted by Gasteiger charge is 2.30. The molecule has 16 heavy (non-hydrogen) atoms. The zero-order chi connectivity index (χ0) is 12.7. The molecule has 1 heteroatoms. The third-order valence-electron chi connectivity index (χ3n) is 3.88. The van der Waals surface area contributed by atoms with Crippen LogP contribution in [0.15, 0.2) is 0 Å². The second-order valence-corrected chi connectivity index (χ2v) is 6.47. The minimum atomic E-state index is 0.132. The Labute approximate surface area is 103 Å². The molecule has 1 unspecified atom stereocenters. The molecule has 0 radical (unpaired) electrons. The number of rotatable bonds is 9. The van der Waals surface area contributed by atoms with Crippen LogP contribution in [-0.4, -0.2) is 11.7 Å². The SMILES string of the molecule is CCCCCCC(C)(CO)CC(C)(C)CC. The fourth-order valence-electron chi connectivity index (χ4n) is 2.48. The Hall–Kier alpha value is -0.0400. The molecule has 0 fully saturated rings. The first kappa shape index (κ1) is 16.0. The minimum absolute atomic E-state index is 0.132. The van der Waals surface area contributed by atoms with Crippen LogP contribution in [0.3, 0.4) is 0 Å². The van der Waals surface area contributed by atoms with E-state index < -0.39 is 0 Å². The van der Waals surface area contributed by atoms with E-state index in [9.17, 15) is 5.11 Å². The summed E-state index contributed by atoms with van der Waals surface area (Å²) in [7, 11) is 0. The van der Waals surface area contributed by atoms with Gasteiger partial charge >= 0.3 is 0 Å². The van der Waals surface area contributed by atoms with Crippen molar-refractivity contribution in [2.24, 2.45) is 10.8 Å². The average molecular weight is 228 g/mol. The van der Waals surface area contributed by atoms with Crippen LogP contribution in [0.2, 0.25) is 0 Å². The highest BCUT2D eigenvalue weighted by atomic mass is 16.3. The van der Waals surface area contributed by atoms with Gasteiger partial charge in [0, 0.05) is 6.61 Å². The fourth-order valence-corrected chi connectivity index (χ4v) is 2.48. The van der Waals surface area contributed by atoms with Crippen LogP contribution < -0.4 is 0 Å². The van der Waals surface area contributed by atoms with Crippen LogP contribution >= 0.6 is 0 Å². The van der Waals surface area contributed by atoms with Crippen molar-refractivity contribution in [3.63, 3.8) is 0 Å². The van der Waals surface area contributed by atoms with Gasteiger partial charge in [-0.3, -0.25) is 0 Å². The van der Waals surface area contributed by atoms with Crippen molar-refractivity contribution in [3.8, 4) is 0 Å². The molecule has 1 atom stereocenters. The summed E-state index contributed by atoms with van der Waals surface area (Å²) in [5, 5.41) is 9.60. The molecule has 0 aromatic heterocycles. The third kappa shape index (κ3) is 6.52. The van der Waals surface area contributed by atoms with Gasteiger partial charge in [-0.1, -0.05) is 66.7 Å². The molecule has 1 N–H and O–H groups in total. The standard InChI is InChI=1S/C15H32O/c1-6-8-9-10-11-15(5,13-16)12-14(3,4)7-2/h16H,6-13H2,1-5H3. The van der Waals surface area contributed by atoms with Gasteiger partial charge in [0.15, 0.2) is 0 Å². The van der Waals surface area contributed by atoms with E-state index in [1.165, 1.54) is 38.5 Å². The lowest BCUT2D eigenvalue weighted by atomic mass is 9.71. The summed E-state index contributed by atoms with van der Waals surface area (Å²) < 4.78 is 0. The molecule has 0 heterocycles. The van der Waals surface area contributed by atoms with Crippen molar-refractivity contribution in [1.82, 2.24) is 0 Å². The van der Waals surface area contributed by atoms with Crippen LogP contribution in [0, 0.1) is 10.8 Å². The van der Waals surface area contributed by atoms with Crippen LogP contribution in [0.1, 0.15) is 79.6 Å². The fraction of sp³-hybridized carbons (Fsp3) is 1.00. The zero-order valence-electron chi connectivity index (χ0n) is 12.1. The van der Waals surface area contributed by atoms with E-state index in [1.54, 1.807) is 0 Å². The molecule has 0 saturated heterocycles. The Morgan fingerprint density at radius 3 is 2.00 bits per heavy atom. The average Bonchev–Trinajstić information content (AvgIpc) is 2.24. The maximum atomic E-state index is 9.60. The highest BCUT2D eigenvalue weighted by Crippen LogP contribution is 2.39. The lowest BCUT2D eigenvalue weighted by molar-refractivity contribution is 0.0744. The smallest absolute Gasteiger partial charge is 0.0484 e. The first-order valence-electron chi connectivity index (χ1n) is 7.00. The van der Waals surface area contributed by atoms with E-state index in [2.05, 4.69) is 34.6 Å². The molecule has 0 saturated carbocycles. The molecule has 0 rings (SSSR count). The van der Waals surface area contributed by atoms with E-state index in [0.717, 1.165) is 6.42 Å². The number of aliphatic hydroxyl groups excluding tert-OH is 1. The molecule has 0 bridgehead atoms. The lowest BCUT2D eigenvalue weighted by Gasteiger charge is -2.36. The van der Waals surface area contributed by atoms with Gasteiger partial charge in [-0.25, -0.2) is 0 Å². The minimum Gasteiger partial charge on any atom is -0.396 e. The van der Waals surface area contributed by atoms with Gasteiger partial charge < -0.3 is 5.11 Å². The van der Waals surface area contributed by atoms with Gasteiger partial charge in [-0.15, -0.1) is 0 Å². The molecule has 0 aromatic rings. The summed E-state index contributed by atoms with van der Waals surface area (Å²) in [5.74, 6) is 0. The molecule has 0 aliphatic rings. The lowest BCUT2D eigenvalue weighted by Crippen LogP contribution is -2.28. The van der Waals surface area contributed by atoms with Crippen molar-refractivity contribution >= 4 is 0 Å². The van der Waals surface area contributed by atoms with Crippen LogP contribution in [0.25, 0.3) is 0 Å². The Morgan fingerprint density at radius 1 is 0.938 bits per heavy atom. The number of hydrogen-bond acceptors (Lipinski definition) is 1. The number of unbranched alkanes of at least 4 members (excludes halogenated alkanes) is 3. The summed E-state index contributed by atoms with van der Waals surface area (Å²) >= 11 is 0. The molecule has 0 amide bonds. The third-order valence-corrected chi connectivity index (χ3v) is 3.88. The Balaban J connectivity index is 4.10. The maximum Gasteiger partial charge on any atom is 0.0484 e. The molecule has 0 spiro atoms. The summed E-state index contributed by atoms with van der Waals surface area (Å²) in [4.78, 5) is 0. The predicted octanol–water partition coefficient (Wildman–Crippen LogP) is 4.78. The van der Waals surface area contributed by atoms with Crippen molar-refractivity contribution in [3.05, 3.63) is 0 Å². The van der Waals surface area contributed by atoms with E-state index in [1.807, 2.05) is 0 Å². The predicted molar refractivity (Wildman–Crippen MR) is 72.6 cm³/mol. The van der Waals surface area contributed by atoms with Crippen molar-refractivity contribution in [2.75, 3.05) is 6.61 Å². The van der Waals surface area contributed by atoms with Crippen molar-refractivity contribution in [2.45, 2.75) is 79.6 Å². The molecule has 0 aliphatic carbocycles. The highest BCUT2D eigenvalue weighted by molar-refractivity contribution is 4.81. The van der Waals surface area contributed by atoms with E-state index in [4.69, 9.17) is 0 Å². The van der Waals surface area contributed by atoms with Crippen molar-refractivity contribution in [1.29, 1.82) is 0 Å². The number of aliphatic hydroxyl groups is 1. The Morgan fingerprint density at radius 2 is 1.56 bits per heavy atom. The number of hydrogen-bond donors (Lipinski definition) is 1. The Kier molecular flexibility index (Phi) is 7.30. The second-order valence-electron chi connectivity index (χ2n) is 6.47. The summed E-state index contributed by atoms with van der Waals surface area (Å²) in [6.07, 6.45) is 8.71. The Bertz CT molecular complexity index is 174. The van der Waals surface area contributed by atoms with Crippen LogP contribution in [0.5, 0.6) is 0 Å². The van der Waals surface area contributed by atoms with Gasteiger partial charge in [-0.05, 0) is 23.7 Å². The van der Waals surface area contributed by atoms with Gasteiger partial charge in [0.1, 0.15) is 0 Å². The molecule has 0 aliphatic heterocycles. The molecule has 1 nitrogen and oxygen atoms in total. The largest absolute Gasteiger partial charge is 0.396 e. The van der Waals surface area contributed by atoms with Gasteiger partial charge in [-0.2, -0.15) is 0 Å². The van der Waals surface area contributed by atoms with E-state index >= 15 is 0 Å². The van der Waals surface area contributed by atoms with Crippen LogP contribution in [0.4, 0.5) is 0 Å². The van der Waals surface area contributed by atoms with E-state index in [-0.39, 0.29) is 5.41 Å². The van der Waals surface area contributed by atoms with Crippen LogP contribution in [-0.2, 0) is 0 Å². The summed E-state index contributed by atoms with van der Waals surface area (Å²) in [5.41, 5.74) is 0.496. The van der Waals surface area contributed by atoms with Crippen molar-refractivity contribution < 1.29 is 5.11 Å². The maximum absolute atomic E-state index is 9.60. The zero-order valence-corrected chi connectivity index (χ0v) is 12.1. The molecular formula is C15H32O. The first-order chi connectivity index (χ1) is 7.39. The van der Waals surface area contributed by atoms with E-state index in [0.29, 0.717) is 12.0 Å². The summed E-state index contributed by atoms with van der Waals surface area (Å²) in [6, 6.07) is 0. The molecule has 98 valence electrons. The van der Waals surface area contributed by atoms with Gasteiger partial charge in [0.2, 0.25) is 0 Å². The van der Waals surface area contributed by atoms with Gasteiger partial charge in [0.25, 0.3) is 0 Å². The summed E-state index contributed by atoms with van der Waals surface area (Å²) in [6.45, 7) is 11.7. The topological polar surface area (TPSA) is 20.2 Å². The second kappa shape index (κ2) is 7.32. The first-order valence-corrected chi connectivity index (χ1v) is 7.00.